The molecule has 0 spiro atoms. The van der Waals surface area contributed by atoms with Gasteiger partial charge in [-0.15, -0.1) is 0 Å². The summed E-state index contributed by atoms with van der Waals surface area (Å²) < 4.78 is 5.17. The highest BCUT2D eigenvalue weighted by atomic mass is 35.5. The number of H-pyrrole nitrogens is 1. The molecule has 0 saturated carbocycles. The van der Waals surface area contributed by atoms with Gasteiger partial charge in [0.15, 0.2) is 0 Å². The Labute approximate surface area is 137 Å². The van der Waals surface area contributed by atoms with E-state index in [9.17, 15) is 4.79 Å². The van der Waals surface area contributed by atoms with Crippen molar-refractivity contribution in [1.29, 1.82) is 0 Å². The number of aromatic nitrogens is 1. The molecule has 1 heterocycles. The van der Waals surface area contributed by atoms with Crippen LogP contribution in [0.15, 0.2) is 42.5 Å². The molecule has 0 atom stereocenters. The Balaban J connectivity index is 1.86. The van der Waals surface area contributed by atoms with E-state index < -0.39 is 0 Å². The Morgan fingerprint density at radius 1 is 1.09 bits per heavy atom. The Morgan fingerprint density at radius 3 is 2.64 bits per heavy atom. The lowest BCUT2D eigenvalue weighted by atomic mass is 10.2. The third-order valence-corrected chi connectivity index (χ3v) is 3.99. The number of aromatic amines is 1. The fourth-order valence-corrected chi connectivity index (χ4v) is 2.43. The second-order valence-electron chi connectivity index (χ2n) is 4.72. The van der Waals surface area contributed by atoms with Crippen molar-refractivity contribution in [3.8, 4) is 5.75 Å². The number of ether oxygens (including phenoxy) is 1. The standard InChI is InChI=1S/C16H12Cl2N2O2/c1-22-11-3-5-14-9(6-11)7-15(20-14)16(21)19-10-2-4-12(17)13(18)8-10/h2-8,20H,1H3,(H,19,21). The minimum absolute atomic E-state index is 0.256. The Bertz CT molecular complexity index is 858. The molecule has 1 amide bonds. The molecule has 22 heavy (non-hydrogen) atoms. The topological polar surface area (TPSA) is 54.1 Å². The monoisotopic (exact) mass is 334 g/mol. The number of carbonyl (C=O) groups is 1. The average molecular weight is 335 g/mol. The largest absolute Gasteiger partial charge is 0.497 e. The van der Waals surface area contributed by atoms with Crippen molar-refractivity contribution < 1.29 is 9.53 Å². The molecular formula is C16H12Cl2N2O2. The van der Waals surface area contributed by atoms with Crippen LogP contribution in [-0.2, 0) is 0 Å². The molecule has 0 saturated heterocycles. The van der Waals surface area contributed by atoms with Crippen LogP contribution in [0.25, 0.3) is 10.9 Å². The minimum Gasteiger partial charge on any atom is -0.497 e. The van der Waals surface area contributed by atoms with Gasteiger partial charge in [-0.05, 0) is 42.5 Å². The van der Waals surface area contributed by atoms with Gasteiger partial charge in [0.1, 0.15) is 11.4 Å². The van der Waals surface area contributed by atoms with Crippen LogP contribution in [0.2, 0.25) is 10.0 Å². The maximum absolute atomic E-state index is 12.3. The molecule has 0 aliphatic heterocycles. The number of carbonyl (C=O) groups excluding carboxylic acids is 1. The zero-order valence-electron chi connectivity index (χ0n) is 11.6. The lowest BCUT2D eigenvalue weighted by molar-refractivity contribution is 0.102. The van der Waals surface area contributed by atoms with E-state index >= 15 is 0 Å². The molecule has 6 heteroatoms. The number of methoxy groups -OCH3 is 1. The molecule has 0 unspecified atom stereocenters. The quantitative estimate of drug-likeness (QED) is 0.727. The van der Waals surface area contributed by atoms with E-state index in [1.807, 2.05) is 18.2 Å². The summed E-state index contributed by atoms with van der Waals surface area (Å²) in [6.45, 7) is 0. The first-order chi connectivity index (χ1) is 10.6. The van der Waals surface area contributed by atoms with Gasteiger partial charge in [-0.2, -0.15) is 0 Å². The predicted molar refractivity (Wildman–Crippen MR) is 89.3 cm³/mol. The van der Waals surface area contributed by atoms with Gasteiger partial charge >= 0.3 is 0 Å². The van der Waals surface area contributed by atoms with Crippen molar-refractivity contribution >= 4 is 45.7 Å². The van der Waals surface area contributed by atoms with Crippen molar-refractivity contribution in [2.45, 2.75) is 0 Å². The zero-order chi connectivity index (χ0) is 15.7. The third-order valence-electron chi connectivity index (χ3n) is 3.25. The summed E-state index contributed by atoms with van der Waals surface area (Å²) in [5, 5.41) is 4.50. The summed E-state index contributed by atoms with van der Waals surface area (Å²) >= 11 is 11.8. The molecule has 1 aromatic heterocycles. The molecule has 4 nitrogen and oxygen atoms in total. The van der Waals surface area contributed by atoms with Gasteiger partial charge in [0, 0.05) is 16.6 Å². The van der Waals surface area contributed by atoms with Crippen LogP contribution in [0, 0.1) is 0 Å². The highest BCUT2D eigenvalue weighted by Gasteiger charge is 2.11. The second-order valence-corrected chi connectivity index (χ2v) is 5.53. The van der Waals surface area contributed by atoms with E-state index in [1.165, 1.54) is 0 Å². The fourth-order valence-electron chi connectivity index (χ4n) is 2.13. The third kappa shape index (κ3) is 2.89. The first-order valence-corrected chi connectivity index (χ1v) is 7.25. The van der Waals surface area contributed by atoms with Crippen molar-refractivity contribution in [3.05, 3.63) is 58.2 Å². The molecule has 3 rings (SSSR count). The Hall–Kier alpha value is -2.17. The maximum atomic E-state index is 12.3. The lowest BCUT2D eigenvalue weighted by Gasteiger charge is -2.04. The molecule has 2 N–H and O–H groups in total. The van der Waals surface area contributed by atoms with Crippen LogP contribution in [0.1, 0.15) is 10.5 Å². The summed E-state index contributed by atoms with van der Waals surface area (Å²) in [5.41, 5.74) is 1.89. The van der Waals surface area contributed by atoms with E-state index in [1.54, 1.807) is 31.4 Å². The molecule has 0 aliphatic carbocycles. The predicted octanol–water partition coefficient (Wildman–Crippen LogP) is 4.74. The number of benzene rings is 2. The number of halogens is 2. The lowest BCUT2D eigenvalue weighted by Crippen LogP contribution is -2.12. The van der Waals surface area contributed by atoms with Gasteiger partial charge in [-0.3, -0.25) is 4.79 Å². The van der Waals surface area contributed by atoms with Crippen LogP contribution in [0.4, 0.5) is 5.69 Å². The highest BCUT2D eigenvalue weighted by molar-refractivity contribution is 6.42. The number of hydrogen-bond acceptors (Lipinski definition) is 2. The summed E-state index contributed by atoms with van der Waals surface area (Å²) in [7, 11) is 1.60. The van der Waals surface area contributed by atoms with Gasteiger partial charge in [-0.1, -0.05) is 23.2 Å². The number of rotatable bonds is 3. The van der Waals surface area contributed by atoms with Crippen molar-refractivity contribution in [2.75, 3.05) is 12.4 Å². The van der Waals surface area contributed by atoms with E-state index in [-0.39, 0.29) is 5.91 Å². The van der Waals surface area contributed by atoms with Gasteiger partial charge in [0.25, 0.3) is 5.91 Å². The molecule has 0 fully saturated rings. The molecule has 112 valence electrons. The second kappa shape index (κ2) is 5.91. The number of amides is 1. The van der Waals surface area contributed by atoms with E-state index in [4.69, 9.17) is 27.9 Å². The number of nitrogens with one attached hydrogen (secondary N) is 2. The van der Waals surface area contributed by atoms with E-state index in [0.29, 0.717) is 21.4 Å². The smallest absolute Gasteiger partial charge is 0.272 e. The van der Waals surface area contributed by atoms with Crippen LogP contribution >= 0.6 is 23.2 Å². The van der Waals surface area contributed by atoms with Gasteiger partial charge in [0.05, 0.1) is 17.2 Å². The summed E-state index contributed by atoms with van der Waals surface area (Å²) in [6.07, 6.45) is 0. The first-order valence-electron chi connectivity index (χ1n) is 6.50. The van der Waals surface area contributed by atoms with Crippen LogP contribution in [-0.4, -0.2) is 18.0 Å². The highest BCUT2D eigenvalue weighted by Crippen LogP contribution is 2.26. The maximum Gasteiger partial charge on any atom is 0.272 e. The first kappa shape index (κ1) is 14.8. The zero-order valence-corrected chi connectivity index (χ0v) is 13.1. The van der Waals surface area contributed by atoms with Crippen molar-refractivity contribution in [1.82, 2.24) is 4.98 Å². The minimum atomic E-state index is -0.256. The molecular weight excluding hydrogens is 323 g/mol. The van der Waals surface area contributed by atoms with E-state index in [2.05, 4.69) is 10.3 Å². The van der Waals surface area contributed by atoms with E-state index in [0.717, 1.165) is 16.7 Å². The molecule has 0 radical (unpaired) electrons. The Morgan fingerprint density at radius 2 is 1.91 bits per heavy atom. The number of anilines is 1. The average Bonchev–Trinajstić information content (AvgIpc) is 2.94. The Kier molecular flexibility index (Phi) is 3.96. The van der Waals surface area contributed by atoms with Crippen molar-refractivity contribution in [2.24, 2.45) is 0 Å². The SMILES string of the molecule is COc1ccc2[nH]c(C(=O)Nc3ccc(Cl)c(Cl)c3)cc2c1. The van der Waals surface area contributed by atoms with Gasteiger partial charge in [0.2, 0.25) is 0 Å². The van der Waals surface area contributed by atoms with Gasteiger partial charge < -0.3 is 15.0 Å². The van der Waals surface area contributed by atoms with Crippen LogP contribution in [0.3, 0.4) is 0 Å². The van der Waals surface area contributed by atoms with Crippen LogP contribution in [0.5, 0.6) is 5.75 Å². The van der Waals surface area contributed by atoms with Gasteiger partial charge in [-0.25, -0.2) is 0 Å². The summed E-state index contributed by atoms with van der Waals surface area (Å²) in [4.78, 5) is 15.4. The number of fused-ring (bicyclic) bond motifs is 1. The number of hydrogen-bond donors (Lipinski definition) is 2. The molecule has 2 aromatic carbocycles. The summed E-state index contributed by atoms with van der Waals surface area (Å²) in [6, 6.07) is 12.3. The fraction of sp³-hybridized carbons (Fsp3) is 0.0625. The molecule has 3 aromatic rings. The normalized spacial score (nSPS) is 10.7. The van der Waals surface area contributed by atoms with Crippen molar-refractivity contribution in [3.63, 3.8) is 0 Å². The molecule has 0 aliphatic rings. The van der Waals surface area contributed by atoms with Crippen LogP contribution < -0.4 is 10.1 Å². The summed E-state index contributed by atoms with van der Waals surface area (Å²) in [5.74, 6) is 0.483. The molecule has 0 bridgehead atoms.